The van der Waals surface area contributed by atoms with Gasteiger partial charge in [-0.3, -0.25) is 35.3 Å². The second-order valence-electron chi connectivity index (χ2n) is 6.78. The van der Waals surface area contributed by atoms with Crippen LogP contribution in [-0.2, 0) is 10.0 Å². The van der Waals surface area contributed by atoms with Crippen LogP contribution in [0.2, 0.25) is 0 Å². The first kappa shape index (κ1) is 23.3. The molecule has 2 amide bonds. The van der Waals surface area contributed by atoms with Gasteiger partial charge in [0.05, 0.1) is 15.4 Å². The van der Waals surface area contributed by atoms with Crippen molar-refractivity contribution in [2.45, 2.75) is 11.8 Å². The first-order valence-corrected chi connectivity index (χ1v) is 10.8. The molecule has 33 heavy (non-hydrogen) atoms. The molecule has 0 saturated carbocycles. The van der Waals surface area contributed by atoms with E-state index in [0.717, 1.165) is 12.1 Å². The summed E-state index contributed by atoms with van der Waals surface area (Å²) in [6.07, 6.45) is 0. The number of benzene rings is 3. The molecule has 3 rings (SSSR count). The summed E-state index contributed by atoms with van der Waals surface area (Å²) in [7, 11) is -4.12. The molecule has 170 valence electrons. The number of amides is 2. The van der Waals surface area contributed by atoms with Crippen molar-refractivity contribution < 1.29 is 27.3 Å². The van der Waals surface area contributed by atoms with Crippen LogP contribution in [-0.4, -0.2) is 25.2 Å². The lowest BCUT2D eigenvalue weighted by Gasteiger charge is -2.10. The van der Waals surface area contributed by atoms with Gasteiger partial charge in [-0.15, -0.1) is 0 Å². The Morgan fingerprint density at radius 1 is 0.939 bits per heavy atom. The second kappa shape index (κ2) is 9.44. The maximum atomic E-state index is 13.6. The third-order valence-corrected chi connectivity index (χ3v) is 5.87. The van der Waals surface area contributed by atoms with Gasteiger partial charge in [-0.25, -0.2) is 12.8 Å². The van der Waals surface area contributed by atoms with Crippen LogP contribution in [0.4, 0.5) is 15.8 Å². The predicted octanol–water partition coefficient (Wildman–Crippen LogP) is 2.92. The third kappa shape index (κ3) is 5.49. The molecule has 0 saturated heterocycles. The molecule has 0 aromatic heterocycles. The van der Waals surface area contributed by atoms with Crippen molar-refractivity contribution in [3.63, 3.8) is 0 Å². The Kier molecular flexibility index (Phi) is 6.68. The Morgan fingerprint density at radius 2 is 1.58 bits per heavy atom. The Bertz CT molecular complexity index is 1340. The SMILES string of the molecule is Cc1ccc(S(=O)(=O)Nc2ccc(C(=O)NNC(=O)c3ccccc3F)cc2)cc1[N+](=O)[O-]. The number of hydrogen-bond donors (Lipinski definition) is 3. The van der Waals surface area contributed by atoms with Gasteiger partial charge < -0.3 is 0 Å². The average Bonchev–Trinajstić information content (AvgIpc) is 2.77. The average molecular weight is 472 g/mol. The summed E-state index contributed by atoms with van der Waals surface area (Å²) in [5, 5.41) is 11.1. The van der Waals surface area contributed by atoms with E-state index in [9.17, 15) is 32.5 Å². The van der Waals surface area contributed by atoms with Crippen molar-refractivity contribution >= 4 is 33.2 Å². The number of nitrogens with zero attached hydrogens (tertiary/aromatic N) is 1. The maximum absolute atomic E-state index is 13.6. The number of rotatable bonds is 6. The van der Waals surface area contributed by atoms with Gasteiger partial charge in [-0.05, 0) is 49.4 Å². The quantitative estimate of drug-likeness (QED) is 0.371. The van der Waals surface area contributed by atoms with Gasteiger partial charge in [-0.2, -0.15) is 0 Å². The summed E-state index contributed by atoms with van der Waals surface area (Å²) in [5.74, 6) is -2.32. The molecule has 12 heteroatoms. The standard InChI is InChI=1S/C21H17FN4O6S/c1-13-6-11-16(12-19(13)26(29)30)33(31,32)25-15-9-7-14(8-10-15)20(27)23-24-21(28)17-4-2-3-5-18(17)22/h2-12,25H,1H3,(H,23,27)(H,24,28). The molecule has 3 N–H and O–H groups in total. The molecule has 3 aromatic carbocycles. The third-order valence-electron chi connectivity index (χ3n) is 4.49. The highest BCUT2D eigenvalue weighted by Gasteiger charge is 2.20. The van der Waals surface area contributed by atoms with Crippen LogP contribution < -0.4 is 15.6 Å². The first-order chi connectivity index (χ1) is 15.6. The van der Waals surface area contributed by atoms with Crippen molar-refractivity contribution in [1.82, 2.24) is 10.9 Å². The number of aryl methyl sites for hydroxylation is 1. The van der Waals surface area contributed by atoms with Crippen LogP contribution in [0.3, 0.4) is 0 Å². The number of sulfonamides is 1. The molecule has 10 nitrogen and oxygen atoms in total. The van der Waals surface area contributed by atoms with E-state index in [1.54, 1.807) is 0 Å². The minimum absolute atomic E-state index is 0.0813. The first-order valence-electron chi connectivity index (χ1n) is 9.31. The van der Waals surface area contributed by atoms with Crippen molar-refractivity contribution in [3.05, 3.63) is 99.4 Å². The Labute approximate surface area is 187 Å². The Balaban J connectivity index is 1.67. The van der Waals surface area contributed by atoms with Crippen LogP contribution in [0.25, 0.3) is 0 Å². The van der Waals surface area contributed by atoms with Crippen LogP contribution in [0, 0.1) is 22.9 Å². The zero-order valence-corrected chi connectivity index (χ0v) is 17.9. The number of hydrazine groups is 1. The van der Waals surface area contributed by atoms with E-state index in [-0.39, 0.29) is 27.4 Å². The number of nitrogens with one attached hydrogen (secondary N) is 3. The van der Waals surface area contributed by atoms with Crippen LogP contribution >= 0.6 is 0 Å². The van der Waals surface area contributed by atoms with Crippen molar-refractivity contribution in [1.29, 1.82) is 0 Å². The van der Waals surface area contributed by atoms with Crippen LogP contribution in [0.15, 0.2) is 71.6 Å². The molecule has 3 aromatic rings. The van der Waals surface area contributed by atoms with Gasteiger partial charge in [0.25, 0.3) is 27.5 Å². The molecule has 0 heterocycles. The lowest BCUT2D eigenvalue weighted by atomic mass is 10.2. The lowest BCUT2D eigenvalue weighted by molar-refractivity contribution is -0.385. The minimum Gasteiger partial charge on any atom is -0.280 e. The van der Waals surface area contributed by atoms with E-state index in [1.807, 2.05) is 0 Å². The largest absolute Gasteiger partial charge is 0.280 e. The van der Waals surface area contributed by atoms with Gasteiger partial charge in [0.2, 0.25) is 0 Å². The summed E-state index contributed by atoms with van der Waals surface area (Å²) < 4.78 is 41.0. The fourth-order valence-electron chi connectivity index (χ4n) is 2.76. The molecular formula is C21H17FN4O6S. The van der Waals surface area contributed by atoms with E-state index in [0.29, 0.717) is 5.56 Å². The van der Waals surface area contributed by atoms with E-state index in [1.165, 1.54) is 61.5 Å². The number of halogens is 1. The van der Waals surface area contributed by atoms with E-state index >= 15 is 0 Å². The summed E-state index contributed by atoms with van der Waals surface area (Å²) in [4.78, 5) is 34.2. The minimum atomic E-state index is -4.12. The summed E-state index contributed by atoms with van der Waals surface area (Å²) >= 11 is 0. The molecule has 0 unspecified atom stereocenters. The topological polar surface area (TPSA) is 148 Å². The highest BCUT2D eigenvalue weighted by molar-refractivity contribution is 7.92. The maximum Gasteiger partial charge on any atom is 0.273 e. The molecule has 0 aliphatic heterocycles. The number of carbonyl (C=O) groups excluding carboxylic acids is 2. The molecule has 0 atom stereocenters. The number of carbonyl (C=O) groups is 2. The van der Waals surface area contributed by atoms with Crippen LogP contribution in [0.5, 0.6) is 0 Å². The fraction of sp³-hybridized carbons (Fsp3) is 0.0476. The van der Waals surface area contributed by atoms with Gasteiger partial charge in [0.15, 0.2) is 0 Å². The van der Waals surface area contributed by atoms with Gasteiger partial charge in [0.1, 0.15) is 5.82 Å². The fourth-order valence-corrected chi connectivity index (χ4v) is 3.83. The number of nitro groups is 1. The van der Waals surface area contributed by atoms with Crippen molar-refractivity contribution in [2.75, 3.05) is 4.72 Å². The highest BCUT2D eigenvalue weighted by Crippen LogP contribution is 2.24. The van der Waals surface area contributed by atoms with Gasteiger partial charge in [-0.1, -0.05) is 18.2 Å². The van der Waals surface area contributed by atoms with Crippen molar-refractivity contribution in [2.24, 2.45) is 0 Å². The van der Waals surface area contributed by atoms with Gasteiger partial charge >= 0.3 is 0 Å². The molecule has 0 radical (unpaired) electrons. The Morgan fingerprint density at radius 3 is 2.21 bits per heavy atom. The Hall–Kier alpha value is -4.32. The smallest absolute Gasteiger partial charge is 0.273 e. The number of hydrogen-bond acceptors (Lipinski definition) is 6. The molecule has 0 aliphatic rings. The highest BCUT2D eigenvalue weighted by atomic mass is 32.2. The zero-order valence-electron chi connectivity index (χ0n) is 17.0. The zero-order chi connectivity index (χ0) is 24.2. The molecular weight excluding hydrogens is 455 g/mol. The molecule has 0 bridgehead atoms. The number of anilines is 1. The normalized spacial score (nSPS) is 10.8. The van der Waals surface area contributed by atoms with E-state index < -0.39 is 32.6 Å². The van der Waals surface area contributed by atoms with Crippen molar-refractivity contribution in [3.8, 4) is 0 Å². The summed E-state index contributed by atoms with van der Waals surface area (Å²) in [6.45, 7) is 1.49. The monoisotopic (exact) mass is 472 g/mol. The van der Waals surface area contributed by atoms with Crippen LogP contribution in [0.1, 0.15) is 26.3 Å². The second-order valence-corrected chi connectivity index (χ2v) is 8.46. The molecule has 0 aliphatic carbocycles. The summed E-state index contributed by atoms with van der Waals surface area (Å²) in [6, 6.07) is 13.9. The molecule has 0 spiro atoms. The van der Waals surface area contributed by atoms with E-state index in [4.69, 9.17) is 0 Å². The molecule has 0 fully saturated rings. The number of nitro benzene ring substituents is 1. The van der Waals surface area contributed by atoms with Gasteiger partial charge in [0, 0.05) is 22.9 Å². The predicted molar refractivity (Wildman–Crippen MR) is 116 cm³/mol. The van der Waals surface area contributed by atoms with E-state index in [2.05, 4.69) is 15.6 Å². The lowest BCUT2D eigenvalue weighted by Crippen LogP contribution is -2.41. The summed E-state index contributed by atoms with van der Waals surface area (Å²) in [5.41, 5.74) is 4.14.